The number of nitrogens with two attached hydrogens (primary N) is 1. The third-order valence-electron chi connectivity index (χ3n) is 0.847. The minimum atomic E-state index is -0.0354. The van der Waals surface area contributed by atoms with Gasteiger partial charge in [0, 0.05) is 6.54 Å². The summed E-state index contributed by atoms with van der Waals surface area (Å²) in [7, 11) is 0. The Balaban J connectivity index is 0. The first kappa shape index (κ1) is 13.4. The topological polar surface area (TPSA) is 55.1 Å². The molecule has 0 spiro atoms. The lowest BCUT2D eigenvalue weighted by atomic mass is 10.4. The second-order valence-corrected chi connectivity index (χ2v) is 1.97. The second-order valence-electron chi connectivity index (χ2n) is 1.65. The summed E-state index contributed by atoms with van der Waals surface area (Å²) in [6.45, 7) is 5.28. The van der Waals surface area contributed by atoms with Crippen molar-refractivity contribution in [3.8, 4) is 0 Å². The average Bonchev–Trinajstić information content (AvgIpc) is 2.08. The highest BCUT2D eigenvalue weighted by molar-refractivity contribution is 7.81. The minimum Gasteiger partial charge on any atom is -0.355 e. The van der Waals surface area contributed by atoms with Crippen molar-refractivity contribution in [2.45, 2.75) is 20.3 Å². The van der Waals surface area contributed by atoms with Gasteiger partial charge in [0.2, 0.25) is 5.91 Å². The van der Waals surface area contributed by atoms with E-state index in [0.29, 0.717) is 13.1 Å². The molecule has 0 unspecified atom stereocenters. The molecule has 0 bridgehead atoms. The number of amides is 1. The summed E-state index contributed by atoms with van der Waals surface area (Å²) in [6, 6.07) is 0. The molecule has 0 aliphatic carbocycles. The molecule has 0 saturated carbocycles. The first-order chi connectivity index (χ1) is 5.31. The number of nitrogens with one attached hydrogen (secondary N) is 1. The highest BCUT2D eigenvalue weighted by Gasteiger charge is 1.92. The van der Waals surface area contributed by atoms with E-state index in [4.69, 9.17) is 5.73 Å². The Labute approximate surface area is 74.1 Å². The number of thiol groups is 1. The number of hydrogen-bond acceptors (Lipinski definition) is 3. The lowest BCUT2D eigenvalue weighted by Crippen LogP contribution is -2.26. The Hall–Kier alpha value is -0.220. The smallest absolute Gasteiger partial charge is 0.229 e. The maximum atomic E-state index is 10.5. The molecule has 4 heteroatoms. The van der Waals surface area contributed by atoms with Crippen molar-refractivity contribution < 1.29 is 4.79 Å². The predicted molar refractivity (Wildman–Crippen MR) is 51.9 cm³/mol. The van der Waals surface area contributed by atoms with Gasteiger partial charge in [0.15, 0.2) is 0 Å². The third kappa shape index (κ3) is 12.9. The molecular formula is C7H18N2OS. The summed E-state index contributed by atoms with van der Waals surface area (Å²) < 4.78 is 0. The highest BCUT2D eigenvalue weighted by atomic mass is 32.1. The zero-order chi connectivity index (χ0) is 9.11. The van der Waals surface area contributed by atoms with Gasteiger partial charge in [0.25, 0.3) is 0 Å². The van der Waals surface area contributed by atoms with E-state index in [1.165, 1.54) is 0 Å². The van der Waals surface area contributed by atoms with E-state index in [-0.39, 0.29) is 11.7 Å². The van der Waals surface area contributed by atoms with E-state index in [9.17, 15) is 4.79 Å². The lowest BCUT2D eigenvalue weighted by molar-refractivity contribution is -0.118. The van der Waals surface area contributed by atoms with Crippen LogP contribution in [-0.2, 0) is 4.79 Å². The molecule has 0 aliphatic rings. The van der Waals surface area contributed by atoms with Crippen LogP contribution in [0.25, 0.3) is 0 Å². The molecule has 0 heterocycles. The van der Waals surface area contributed by atoms with Crippen molar-refractivity contribution in [2.75, 3.05) is 18.8 Å². The van der Waals surface area contributed by atoms with Crippen molar-refractivity contribution in [3.63, 3.8) is 0 Å². The van der Waals surface area contributed by atoms with Crippen LogP contribution in [0.15, 0.2) is 0 Å². The fourth-order valence-corrected chi connectivity index (χ4v) is 0.498. The molecule has 0 radical (unpaired) electrons. The molecule has 11 heavy (non-hydrogen) atoms. The van der Waals surface area contributed by atoms with Crippen LogP contribution in [0.5, 0.6) is 0 Å². The van der Waals surface area contributed by atoms with E-state index in [1.807, 2.05) is 13.8 Å². The molecule has 0 saturated heterocycles. The van der Waals surface area contributed by atoms with Gasteiger partial charge in [-0.2, -0.15) is 12.6 Å². The van der Waals surface area contributed by atoms with Crippen LogP contribution in [-0.4, -0.2) is 24.7 Å². The molecule has 0 aromatic heterocycles. The Morgan fingerprint density at radius 2 is 2.09 bits per heavy atom. The standard InChI is InChI=1S/C5H12N2OS.C2H6/c6-2-1-3-7-5(8)4-9;1-2/h9H,1-4,6H2,(H,7,8);1-2H3. The average molecular weight is 178 g/mol. The van der Waals surface area contributed by atoms with Gasteiger partial charge in [-0.25, -0.2) is 0 Å². The second kappa shape index (κ2) is 12.5. The van der Waals surface area contributed by atoms with Crippen LogP contribution in [0.3, 0.4) is 0 Å². The molecule has 0 aromatic carbocycles. The summed E-state index contributed by atoms with van der Waals surface area (Å²) in [4.78, 5) is 10.5. The highest BCUT2D eigenvalue weighted by Crippen LogP contribution is 1.74. The van der Waals surface area contributed by atoms with Gasteiger partial charge in [0.05, 0.1) is 5.75 Å². The Kier molecular flexibility index (Phi) is 15.1. The zero-order valence-electron chi connectivity index (χ0n) is 7.26. The van der Waals surface area contributed by atoms with E-state index in [1.54, 1.807) is 0 Å². The van der Waals surface area contributed by atoms with Gasteiger partial charge >= 0.3 is 0 Å². The SMILES string of the molecule is CC.NCCCNC(=O)CS. The Bertz CT molecular complexity index is 88.5. The summed E-state index contributed by atoms with van der Waals surface area (Å²) in [5, 5.41) is 2.64. The van der Waals surface area contributed by atoms with E-state index < -0.39 is 0 Å². The third-order valence-corrected chi connectivity index (χ3v) is 1.13. The molecule has 3 N–H and O–H groups in total. The van der Waals surface area contributed by atoms with Gasteiger partial charge in [-0.3, -0.25) is 4.79 Å². The monoisotopic (exact) mass is 178 g/mol. The fraction of sp³-hybridized carbons (Fsp3) is 0.857. The maximum absolute atomic E-state index is 10.5. The van der Waals surface area contributed by atoms with Crippen molar-refractivity contribution >= 4 is 18.5 Å². The number of hydrogen-bond donors (Lipinski definition) is 3. The van der Waals surface area contributed by atoms with E-state index in [0.717, 1.165) is 6.42 Å². The first-order valence-electron chi connectivity index (χ1n) is 3.89. The van der Waals surface area contributed by atoms with Crippen molar-refractivity contribution in [1.29, 1.82) is 0 Å². The maximum Gasteiger partial charge on any atom is 0.229 e. The van der Waals surface area contributed by atoms with Gasteiger partial charge in [0.1, 0.15) is 0 Å². The predicted octanol–water partition coefficient (Wildman–Crippen LogP) is 0.407. The Morgan fingerprint density at radius 3 is 2.45 bits per heavy atom. The molecule has 68 valence electrons. The van der Waals surface area contributed by atoms with Crippen LogP contribution in [0.4, 0.5) is 0 Å². The van der Waals surface area contributed by atoms with Crippen molar-refractivity contribution in [3.05, 3.63) is 0 Å². The van der Waals surface area contributed by atoms with Crippen LogP contribution in [0.1, 0.15) is 20.3 Å². The first-order valence-corrected chi connectivity index (χ1v) is 4.52. The molecule has 0 atom stereocenters. The molecule has 0 rings (SSSR count). The summed E-state index contributed by atoms with van der Waals surface area (Å²) in [5.41, 5.74) is 5.19. The van der Waals surface area contributed by atoms with Gasteiger partial charge in [-0.1, -0.05) is 13.8 Å². The van der Waals surface area contributed by atoms with Crippen LogP contribution in [0, 0.1) is 0 Å². The van der Waals surface area contributed by atoms with Gasteiger partial charge in [-0.15, -0.1) is 0 Å². The van der Waals surface area contributed by atoms with Crippen LogP contribution in [0.2, 0.25) is 0 Å². The summed E-state index contributed by atoms with van der Waals surface area (Å²) in [6.07, 6.45) is 0.833. The molecular weight excluding hydrogens is 160 g/mol. The number of rotatable bonds is 4. The molecule has 0 aliphatic heterocycles. The number of carbonyl (C=O) groups is 1. The largest absolute Gasteiger partial charge is 0.355 e. The van der Waals surface area contributed by atoms with E-state index in [2.05, 4.69) is 17.9 Å². The summed E-state index contributed by atoms with van der Waals surface area (Å²) >= 11 is 3.77. The molecule has 0 aromatic rings. The van der Waals surface area contributed by atoms with Crippen LogP contribution < -0.4 is 11.1 Å². The minimum absolute atomic E-state index is 0.0354. The normalized spacial score (nSPS) is 8.00. The Morgan fingerprint density at radius 1 is 1.55 bits per heavy atom. The molecule has 3 nitrogen and oxygen atoms in total. The molecule has 1 amide bonds. The van der Waals surface area contributed by atoms with Crippen molar-refractivity contribution in [1.82, 2.24) is 5.32 Å². The zero-order valence-corrected chi connectivity index (χ0v) is 8.16. The lowest BCUT2D eigenvalue weighted by Gasteiger charge is -1.99. The van der Waals surface area contributed by atoms with E-state index >= 15 is 0 Å². The number of carbonyl (C=O) groups excluding carboxylic acids is 1. The summed E-state index contributed by atoms with van der Waals surface area (Å²) in [5.74, 6) is 0.219. The van der Waals surface area contributed by atoms with Gasteiger partial charge in [-0.05, 0) is 13.0 Å². The fourth-order valence-electron chi connectivity index (χ4n) is 0.386. The van der Waals surface area contributed by atoms with Crippen LogP contribution >= 0.6 is 12.6 Å². The molecule has 0 fully saturated rings. The van der Waals surface area contributed by atoms with Gasteiger partial charge < -0.3 is 11.1 Å². The van der Waals surface area contributed by atoms with Crippen molar-refractivity contribution in [2.24, 2.45) is 5.73 Å². The quantitative estimate of drug-likeness (QED) is 0.431.